The van der Waals surface area contributed by atoms with E-state index in [1.165, 1.54) is 4.90 Å². The Kier molecular flexibility index (Phi) is 7.51. The second-order valence-corrected chi connectivity index (χ2v) is 8.77. The monoisotopic (exact) mass is 486 g/mol. The number of ketones is 1. The Labute approximate surface area is 191 Å². The Bertz CT molecular complexity index is 985. The lowest BCUT2D eigenvalue weighted by Gasteiger charge is -2.28. The first-order chi connectivity index (χ1) is 14.8. The molecule has 3 rings (SSSR count). The number of hydrogen-bond donors (Lipinski definition) is 1. The molecule has 31 heavy (non-hydrogen) atoms. The Morgan fingerprint density at radius 1 is 1.16 bits per heavy atom. The van der Waals surface area contributed by atoms with Crippen molar-refractivity contribution in [1.82, 2.24) is 4.90 Å². The van der Waals surface area contributed by atoms with Crippen LogP contribution in [0.4, 0.5) is 0 Å². The molecular weight excluding hydrogens is 460 g/mol. The average Bonchev–Trinajstić information content (AvgIpc) is 3.01. The molecule has 0 bridgehead atoms. The number of rotatable bonds is 8. The number of hydrogen-bond acceptors (Lipinski definition) is 4. The molecule has 7 heteroatoms. The lowest BCUT2D eigenvalue weighted by atomic mass is 9.95. The number of ether oxygens (including phenoxy) is 1. The van der Waals surface area contributed by atoms with Gasteiger partial charge in [0.05, 0.1) is 39.8 Å². The number of halogens is 1. The van der Waals surface area contributed by atoms with Gasteiger partial charge in [-0.05, 0) is 41.8 Å². The van der Waals surface area contributed by atoms with Gasteiger partial charge in [-0.15, -0.1) is 0 Å². The fraction of sp³-hybridized carbons (Fsp3) is 0.333. The minimum absolute atomic E-state index is 0.00581. The van der Waals surface area contributed by atoms with E-state index in [0.717, 1.165) is 15.8 Å². The van der Waals surface area contributed by atoms with Crippen LogP contribution in [0.25, 0.3) is 5.76 Å². The Morgan fingerprint density at radius 3 is 2.52 bits per heavy atom. The highest BCUT2D eigenvalue weighted by Gasteiger charge is 2.44. The first kappa shape index (κ1) is 23.0. The largest absolute Gasteiger partial charge is 0.872 e. The van der Waals surface area contributed by atoms with Crippen molar-refractivity contribution in [3.05, 3.63) is 69.7 Å². The smallest absolute Gasteiger partial charge is 0.295 e. The van der Waals surface area contributed by atoms with Gasteiger partial charge in [-0.25, -0.2) is 0 Å². The van der Waals surface area contributed by atoms with Crippen molar-refractivity contribution in [3.63, 3.8) is 0 Å². The fourth-order valence-electron chi connectivity index (χ4n) is 3.54. The Balaban J connectivity index is 2.11. The highest BCUT2D eigenvalue weighted by Crippen LogP contribution is 2.39. The van der Waals surface area contributed by atoms with Gasteiger partial charge in [0.1, 0.15) is 5.75 Å². The Morgan fingerprint density at radius 2 is 1.87 bits per heavy atom. The predicted octanol–water partition coefficient (Wildman–Crippen LogP) is 1.61. The van der Waals surface area contributed by atoms with Crippen LogP contribution < -0.4 is 14.7 Å². The van der Waals surface area contributed by atoms with Crippen molar-refractivity contribution >= 4 is 33.4 Å². The number of Topliss-reactive ketones (excluding diaryl/α,β-unsaturated/α-hetero) is 1. The van der Waals surface area contributed by atoms with Crippen LogP contribution in [-0.4, -0.2) is 50.4 Å². The third kappa shape index (κ3) is 5.17. The molecule has 1 heterocycles. The summed E-state index contributed by atoms with van der Waals surface area (Å²) in [6.07, 6.45) is 0.863. The molecule has 1 aliphatic rings. The molecule has 0 aliphatic carbocycles. The first-order valence-corrected chi connectivity index (χ1v) is 11.2. The number of amides is 1. The van der Waals surface area contributed by atoms with E-state index in [2.05, 4.69) is 15.9 Å². The number of likely N-dealkylation sites (tertiary alicyclic amines) is 1. The third-order valence-corrected chi connectivity index (χ3v) is 5.66. The minimum Gasteiger partial charge on any atom is -0.872 e. The second-order valence-electron chi connectivity index (χ2n) is 7.86. The molecule has 1 aliphatic heterocycles. The van der Waals surface area contributed by atoms with Crippen LogP contribution in [0.5, 0.6) is 5.75 Å². The number of quaternary nitrogens is 1. The normalized spacial score (nSPS) is 18.1. The molecule has 1 fully saturated rings. The number of carbonyl (C=O) groups is 2. The summed E-state index contributed by atoms with van der Waals surface area (Å²) < 4.78 is 6.57. The molecule has 1 N–H and O–H groups in total. The number of nitrogens with zero attached hydrogens (tertiary/aromatic N) is 1. The molecular formula is C24H27BrN2O4. The highest BCUT2D eigenvalue weighted by atomic mass is 79.9. The summed E-state index contributed by atoms with van der Waals surface area (Å²) in [4.78, 5) is 28.6. The van der Waals surface area contributed by atoms with Crippen molar-refractivity contribution < 1.29 is 24.3 Å². The molecule has 2 aromatic carbocycles. The van der Waals surface area contributed by atoms with Gasteiger partial charge in [0, 0.05) is 10.0 Å². The molecule has 1 unspecified atom stereocenters. The van der Waals surface area contributed by atoms with Gasteiger partial charge < -0.3 is 19.6 Å². The van der Waals surface area contributed by atoms with Crippen molar-refractivity contribution in [3.8, 4) is 5.75 Å². The van der Waals surface area contributed by atoms with Crippen LogP contribution in [0.15, 0.2) is 58.6 Å². The molecule has 1 saturated heterocycles. The zero-order chi connectivity index (χ0) is 22.5. The molecule has 1 amide bonds. The summed E-state index contributed by atoms with van der Waals surface area (Å²) in [5.41, 5.74) is 1.07. The van der Waals surface area contributed by atoms with E-state index in [1.54, 1.807) is 24.3 Å². The van der Waals surface area contributed by atoms with Crippen LogP contribution in [0.2, 0.25) is 0 Å². The van der Waals surface area contributed by atoms with Gasteiger partial charge >= 0.3 is 0 Å². The third-order valence-electron chi connectivity index (χ3n) is 5.14. The van der Waals surface area contributed by atoms with Crippen molar-refractivity contribution in [2.24, 2.45) is 0 Å². The topological polar surface area (TPSA) is 74.1 Å². The number of likely N-dealkylation sites (N-methyl/N-ethyl adjacent to an activating group) is 1. The van der Waals surface area contributed by atoms with E-state index in [1.807, 2.05) is 45.3 Å². The second kappa shape index (κ2) is 10.1. The number of carbonyl (C=O) groups excluding carboxylic acids is 2. The maximum atomic E-state index is 13.4. The summed E-state index contributed by atoms with van der Waals surface area (Å²) in [6, 6.07) is 13.4. The summed E-state index contributed by atoms with van der Waals surface area (Å²) in [5, 5.41) is 13.4. The van der Waals surface area contributed by atoms with Crippen LogP contribution >= 0.6 is 15.9 Å². The SMILES string of the molecule is CCCOc1cccc(C2C(=C([O-])c3ccc(Br)cc3)C(=O)C(=O)N2CC[NH+](C)C)c1. The van der Waals surface area contributed by atoms with E-state index in [9.17, 15) is 14.7 Å². The van der Waals surface area contributed by atoms with Crippen molar-refractivity contribution in [1.29, 1.82) is 0 Å². The van der Waals surface area contributed by atoms with Crippen LogP contribution in [0.1, 0.15) is 30.5 Å². The average molecular weight is 487 g/mol. The quantitative estimate of drug-likeness (QED) is 0.349. The van der Waals surface area contributed by atoms with Gasteiger partial charge in [-0.3, -0.25) is 9.59 Å². The summed E-state index contributed by atoms with van der Waals surface area (Å²) in [7, 11) is 3.96. The first-order valence-electron chi connectivity index (χ1n) is 10.4. The summed E-state index contributed by atoms with van der Waals surface area (Å²) in [6.45, 7) is 3.61. The molecule has 2 aromatic rings. The zero-order valence-electron chi connectivity index (χ0n) is 18.0. The zero-order valence-corrected chi connectivity index (χ0v) is 19.6. The lowest BCUT2D eigenvalue weighted by Crippen LogP contribution is -3.06. The van der Waals surface area contributed by atoms with Crippen LogP contribution in [0, 0.1) is 0 Å². The highest BCUT2D eigenvalue weighted by molar-refractivity contribution is 9.10. The fourth-order valence-corrected chi connectivity index (χ4v) is 3.81. The van der Waals surface area contributed by atoms with E-state index in [4.69, 9.17) is 4.74 Å². The van der Waals surface area contributed by atoms with Gasteiger partial charge in [0.25, 0.3) is 5.91 Å². The number of nitrogens with one attached hydrogen (secondary N) is 1. The van der Waals surface area contributed by atoms with Crippen LogP contribution in [0.3, 0.4) is 0 Å². The molecule has 1 atom stereocenters. The van der Waals surface area contributed by atoms with Gasteiger partial charge in [-0.1, -0.05) is 52.9 Å². The molecule has 0 aromatic heterocycles. The van der Waals surface area contributed by atoms with Crippen LogP contribution in [-0.2, 0) is 9.59 Å². The maximum Gasteiger partial charge on any atom is 0.295 e. The molecule has 0 radical (unpaired) electrons. The summed E-state index contributed by atoms with van der Waals surface area (Å²) in [5.74, 6) is -1.13. The van der Waals surface area contributed by atoms with Crippen molar-refractivity contribution in [2.75, 3.05) is 33.8 Å². The minimum atomic E-state index is -0.735. The Hall–Kier alpha value is -2.64. The van der Waals surface area contributed by atoms with Gasteiger partial charge in [-0.2, -0.15) is 0 Å². The standard InChI is InChI=1S/C24H27BrN2O4/c1-4-14-31-19-7-5-6-17(15-19)21-20(22(28)16-8-10-18(25)11-9-16)23(29)24(30)27(21)13-12-26(2)3/h5-11,15,21,28H,4,12-14H2,1-3H3. The van der Waals surface area contributed by atoms with Gasteiger partial charge in [0.15, 0.2) is 0 Å². The van der Waals surface area contributed by atoms with E-state index in [0.29, 0.717) is 36.6 Å². The number of benzene rings is 2. The predicted molar refractivity (Wildman–Crippen MR) is 120 cm³/mol. The van der Waals surface area contributed by atoms with Gasteiger partial charge in [0.2, 0.25) is 5.78 Å². The molecule has 164 valence electrons. The maximum absolute atomic E-state index is 13.4. The lowest BCUT2D eigenvalue weighted by molar-refractivity contribution is -0.857. The van der Waals surface area contributed by atoms with E-state index in [-0.39, 0.29) is 5.57 Å². The molecule has 0 spiro atoms. The van der Waals surface area contributed by atoms with Crippen molar-refractivity contribution in [2.45, 2.75) is 19.4 Å². The molecule has 0 saturated carbocycles. The molecule has 6 nitrogen and oxygen atoms in total. The summed E-state index contributed by atoms with van der Waals surface area (Å²) >= 11 is 3.36. The van der Waals surface area contributed by atoms with E-state index < -0.39 is 23.5 Å². The van der Waals surface area contributed by atoms with E-state index >= 15 is 0 Å².